The van der Waals surface area contributed by atoms with Gasteiger partial charge >= 0.3 is 0 Å². The zero-order valence-electron chi connectivity index (χ0n) is 13.0. The molecule has 0 spiro atoms. The van der Waals surface area contributed by atoms with E-state index in [9.17, 15) is 0 Å². The van der Waals surface area contributed by atoms with E-state index in [-0.39, 0.29) is 11.5 Å². The SMILES string of the molecule is COc1cc(C)c(C(N)C2(c3ccccc3)CC2)cc1C. The van der Waals surface area contributed by atoms with Crippen LogP contribution in [-0.4, -0.2) is 7.11 Å². The lowest BCUT2D eigenvalue weighted by Gasteiger charge is -2.26. The summed E-state index contributed by atoms with van der Waals surface area (Å²) in [5.41, 5.74) is 11.8. The lowest BCUT2D eigenvalue weighted by molar-refractivity contribution is 0.410. The first kappa shape index (κ1) is 14.2. The number of rotatable bonds is 4. The third kappa shape index (κ3) is 2.34. The van der Waals surface area contributed by atoms with Gasteiger partial charge in [0.2, 0.25) is 0 Å². The minimum Gasteiger partial charge on any atom is -0.496 e. The second kappa shape index (κ2) is 5.19. The van der Waals surface area contributed by atoms with Crippen LogP contribution >= 0.6 is 0 Å². The van der Waals surface area contributed by atoms with Gasteiger partial charge in [0.1, 0.15) is 5.75 Å². The maximum Gasteiger partial charge on any atom is 0.122 e. The van der Waals surface area contributed by atoms with Crippen LogP contribution in [0.2, 0.25) is 0 Å². The third-order valence-electron chi connectivity index (χ3n) is 4.85. The molecule has 2 aromatic rings. The zero-order chi connectivity index (χ0) is 15.0. The summed E-state index contributed by atoms with van der Waals surface area (Å²) in [5.74, 6) is 0.938. The predicted octanol–water partition coefficient (Wildman–Crippen LogP) is 4.04. The Balaban J connectivity index is 2.00. The highest BCUT2D eigenvalue weighted by atomic mass is 16.5. The predicted molar refractivity (Wildman–Crippen MR) is 86.8 cm³/mol. The van der Waals surface area contributed by atoms with Crippen LogP contribution in [0.5, 0.6) is 5.75 Å². The quantitative estimate of drug-likeness (QED) is 0.917. The summed E-state index contributed by atoms with van der Waals surface area (Å²) in [4.78, 5) is 0. The van der Waals surface area contributed by atoms with E-state index in [1.807, 2.05) is 0 Å². The van der Waals surface area contributed by atoms with Crippen molar-refractivity contribution < 1.29 is 4.74 Å². The first-order chi connectivity index (χ1) is 10.1. The van der Waals surface area contributed by atoms with Crippen LogP contribution in [0, 0.1) is 13.8 Å². The first-order valence-electron chi connectivity index (χ1n) is 7.55. The Hall–Kier alpha value is -1.80. The molecule has 2 heteroatoms. The lowest BCUT2D eigenvalue weighted by atomic mass is 9.82. The molecule has 0 aliphatic heterocycles. The van der Waals surface area contributed by atoms with Crippen LogP contribution < -0.4 is 10.5 Å². The first-order valence-corrected chi connectivity index (χ1v) is 7.55. The van der Waals surface area contributed by atoms with Crippen LogP contribution in [0.25, 0.3) is 0 Å². The lowest BCUT2D eigenvalue weighted by Crippen LogP contribution is -2.27. The summed E-state index contributed by atoms with van der Waals surface area (Å²) >= 11 is 0. The highest BCUT2D eigenvalue weighted by molar-refractivity contribution is 5.46. The molecule has 1 aliphatic carbocycles. The molecular weight excluding hydrogens is 258 g/mol. The average molecular weight is 281 g/mol. The molecule has 0 saturated heterocycles. The van der Waals surface area contributed by atoms with E-state index in [0.717, 1.165) is 11.3 Å². The summed E-state index contributed by atoms with van der Waals surface area (Å²) in [6, 6.07) is 15.0. The molecule has 1 unspecified atom stereocenters. The van der Waals surface area contributed by atoms with Gasteiger partial charge in [0.05, 0.1) is 7.11 Å². The van der Waals surface area contributed by atoms with Gasteiger partial charge in [0.15, 0.2) is 0 Å². The van der Waals surface area contributed by atoms with Crippen molar-refractivity contribution in [1.29, 1.82) is 0 Å². The fraction of sp³-hybridized carbons (Fsp3) is 0.368. The van der Waals surface area contributed by atoms with Gasteiger partial charge in [-0.05, 0) is 55.0 Å². The van der Waals surface area contributed by atoms with Crippen molar-refractivity contribution in [1.82, 2.24) is 0 Å². The number of methoxy groups -OCH3 is 1. The van der Waals surface area contributed by atoms with Gasteiger partial charge in [-0.1, -0.05) is 36.4 Å². The molecule has 0 bridgehead atoms. The summed E-state index contributed by atoms with van der Waals surface area (Å²) in [5, 5.41) is 0. The van der Waals surface area contributed by atoms with E-state index in [1.165, 1.54) is 29.5 Å². The second-order valence-electron chi connectivity index (χ2n) is 6.18. The Morgan fingerprint density at radius 1 is 1.05 bits per heavy atom. The van der Waals surface area contributed by atoms with E-state index in [4.69, 9.17) is 10.5 Å². The van der Waals surface area contributed by atoms with Crippen LogP contribution in [0.1, 0.15) is 41.1 Å². The number of nitrogens with two attached hydrogens (primary N) is 1. The van der Waals surface area contributed by atoms with E-state index >= 15 is 0 Å². The zero-order valence-corrected chi connectivity index (χ0v) is 13.0. The Labute approximate surface area is 126 Å². The highest BCUT2D eigenvalue weighted by Gasteiger charge is 2.50. The Morgan fingerprint density at radius 2 is 1.71 bits per heavy atom. The molecule has 1 saturated carbocycles. The molecule has 1 atom stereocenters. The molecule has 2 aromatic carbocycles. The molecule has 1 aliphatic rings. The van der Waals surface area contributed by atoms with Crippen LogP contribution in [0.15, 0.2) is 42.5 Å². The highest BCUT2D eigenvalue weighted by Crippen LogP contribution is 2.56. The van der Waals surface area contributed by atoms with Gasteiger partial charge in [0.25, 0.3) is 0 Å². The number of ether oxygens (including phenoxy) is 1. The molecule has 0 amide bonds. The summed E-state index contributed by atoms with van der Waals surface area (Å²) in [6.07, 6.45) is 2.34. The van der Waals surface area contributed by atoms with Crippen molar-refractivity contribution in [3.63, 3.8) is 0 Å². The summed E-state index contributed by atoms with van der Waals surface area (Å²) in [6.45, 7) is 4.20. The van der Waals surface area contributed by atoms with Gasteiger partial charge in [-0.25, -0.2) is 0 Å². The fourth-order valence-corrected chi connectivity index (χ4v) is 3.35. The molecule has 2 N–H and O–H groups in total. The molecule has 110 valence electrons. The largest absolute Gasteiger partial charge is 0.496 e. The summed E-state index contributed by atoms with van der Waals surface area (Å²) < 4.78 is 5.41. The van der Waals surface area contributed by atoms with Crippen LogP contribution in [0.4, 0.5) is 0 Å². The van der Waals surface area contributed by atoms with Gasteiger partial charge in [-0.15, -0.1) is 0 Å². The molecule has 0 radical (unpaired) electrons. The van der Waals surface area contributed by atoms with Crippen LogP contribution in [-0.2, 0) is 5.41 Å². The normalized spacial score (nSPS) is 17.3. The third-order valence-corrected chi connectivity index (χ3v) is 4.85. The number of aryl methyl sites for hydroxylation is 2. The number of benzene rings is 2. The van der Waals surface area contributed by atoms with Crippen molar-refractivity contribution in [3.8, 4) is 5.75 Å². The van der Waals surface area contributed by atoms with E-state index in [2.05, 4.69) is 56.3 Å². The van der Waals surface area contributed by atoms with Crippen molar-refractivity contribution >= 4 is 0 Å². The molecule has 0 aromatic heterocycles. The van der Waals surface area contributed by atoms with E-state index < -0.39 is 0 Å². The fourth-order valence-electron chi connectivity index (χ4n) is 3.35. The minimum atomic E-state index is 0.0458. The Kier molecular flexibility index (Phi) is 3.50. The van der Waals surface area contributed by atoms with Gasteiger partial charge < -0.3 is 10.5 Å². The molecule has 21 heavy (non-hydrogen) atoms. The Bertz CT molecular complexity index is 644. The van der Waals surface area contributed by atoms with Crippen molar-refractivity contribution in [2.75, 3.05) is 7.11 Å². The van der Waals surface area contributed by atoms with Crippen molar-refractivity contribution in [2.45, 2.75) is 38.1 Å². The molecule has 0 heterocycles. The molecule has 3 rings (SSSR count). The molecular formula is C19H23NO. The van der Waals surface area contributed by atoms with E-state index in [1.54, 1.807) is 7.11 Å². The van der Waals surface area contributed by atoms with Gasteiger partial charge in [0, 0.05) is 11.5 Å². The average Bonchev–Trinajstić information content (AvgIpc) is 3.31. The summed E-state index contributed by atoms with van der Waals surface area (Å²) in [7, 11) is 1.72. The monoisotopic (exact) mass is 281 g/mol. The second-order valence-corrected chi connectivity index (χ2v) is 6.18. The van der Waals surface area contributed by atoms with E-state index in [0.29, 0.717) is 0 Å². The number of hydrogen-bond acceptors (Lipinski definition) is 2. The van der Waals surface area contributed by atoms with Crippen molar-refractivity contribution in [2.24, 2.45) is 5.73 Å². The smallest absolute Gasteiger partial charge is 0.122 e. The van der Waals surface area contributed by atoms with Crippen LogP contribution in [0.3, 0.4) is 0 Å². The van der Waals surface area contributed by atoms with Crippen molar-refractivity contribution in [3.05, 3.63) is 64.7 Å². The number of hydrogen-bond donors (Lipinski definition) is 1. The molecule has 2 nitrogen and oxygen atoms in total. The minimum absolute atomic E-state index is 0.0458. The maximum atomic E-state index is 6.69. The van der Waals surface area contributed by atoms with Gasteiger partial charge in [-0.2, -0.15) is 0 Å². The van der Waals surface area contributed by atoms with Gasteiger partial charge in [-0.3, -0.25) is 0 Å². The standard InChI is InChI=1S/C19H23NO/c1-13-12-17(21-3)14(2)11-16(13)18(20)19(9-10-19)15-7-5-4-6-8-15/h4-8,11-12,18H,9-10,20H2,1-3H3. The Morgan fingerprint density at radius 3 is 2.29 bits per heavy atom. The maximum absolute atomic E-state index is 6.69. The topological polar surface area (TPSA) is 35.2 Å². The molecule has 1 fully saturated rings.